The van der Waals surface area contributed by atoms with Gasteiger partial charge in [-0.1, -0.05) is 29.8 Å². The van der Waals surface area contributed by atoms with Gasteiger partial charge >= 0.3 is 0 Å². The standard InChI is InChI=1S/C21H25ClN4O6S3/c1-23-33(27,28)12-9-18-15-25(11-10-24-18)35(31,32)21-14-16-13-17(22)7-8-20(16)26(21)34(29,30)19-5-3-2-4-6-19/h2-8,13-14,18,23-24H,9-12,15H2,1H3. The first-order chi connectivity index (χ1) is 16.5. The first kappa shape index (κ1) is 26.1. The molecule has 0 bridgehead atoms. The van der Waals surface area contributed by atoms with Crippen molar-refractivity contribution in [1.29, 1.82) is 0 Å². The van der Waals surface area contributed by atoms with Gasteiger partial charge in [0.1, 0.15) is 0 Å². The van der Waals surface area contributed by atoms with Crippen LogP contribution in [0.4, 0.5) is 0 Å². The molecule has 14 heteroatoms. The third-order valence-corrected chi connectivity index (χ3v) is 11.2. The number of sulfonamides is 2. The van der Waals surface area contributed by atoms with E-state index in [0.717, 1.165) is 3.97 Å². The van der Waals surface area contributed by atoms with Crippen LogP contribution < -0.4 is 10.0 Å². The molecule has 0 radical (unpaired) electrons. The lowest BCUT2D eigenvalue weighted by atomic mass is 10.2. The highest BCUT2D eigenvalue weighted by Crippen LogP contribution is 2.32. The molecule has 1 aliphatic heterocycles. The summed E-state index contributed by atoms with van der Waals surface area (Å²) in [6.07, 6.45) is 0.191. The van der Waals surface area contributed by atoms with Gasteiger partial charge in [-0.25, -0.2) is 33.9 Å². The molecule has 190 valence electrons. The third kappa shape index (κ3) is 5.26. The summed E-state index contributed by atoms with van der Waals surface area (Å²) >= 11 is 6.10. The summed E-state index contributed by atoms with van der Waals surface area (Å²) in [4.78, 5) is -0.0561. The molecule has 1 saturated heterocycles. The van der Waals surface area contributed by atoms with E-state index in [0.29, 0.717) is 17.0 Å². The third-order valence-electron chi connectivity index (χ3n) is 5.84. The average Bonchev–Trinajstić information content (AvgIpc) is 3.24. The minimum atomic E-state index is -4.28. The molecule has 0 amide bonds. The molecule has 4 rings (SSSR count). The Balaban J connectivity index is 1.78. The van der Waals surface area contributed by atoms with Crippen molar-refractivity contribution < 1.29 is 25.3 Å². The van der Waals surface area contributed by atoms with Crippen LogP contribution in [-0.4, -0.2) is 72.0 Å². The van der Waals surface area contributed by atoms with Gasteiger partial charge in [0.15, 0.2) is 5.03 Å². The molecular weight excluding hydrogens is 536 g/mol. The van der Waals surface area contributed by atoms with E-state index >= 15 is 0 Å². The number of piperazine rings is 1. The van der Waals surface area contributed by atoms with Crippen molar-refractivity contribution in [3.8, 4) is 0 Å². The Morgan fingerprint density at radius 2 is 1.71 bits per heavy atom. The summed E-state index contributed by atoms with van der Waals surface area (Å²) in [5.74, 6) is -0.170. The minimum absolute atomic E-state index is 0.00473. The average molecular weight is 561 g/mol. The van der Waals surface area contributed by atoms with Crippen molar-refractivity contribution in [2.24, 2.45) is 0 Å². The molecule has 1 aromatic heterocycles. The van der Waals surface area contributed by atoms with Gasteiger partial charge in [0.2, 0.25) is 10.0 Å². The van der Waals surface area contributed by atoms with E-state index in [1.807, 2.05) is 0 Å². The predicted molar refractivity (Wildman–Crippen MR) is 134 cm³/mol. The van der Waals surface area contributed by atoms with Crippen molar-refractivity contribution in [3.63, 3.8) is 0 Å². The van der Waals surface area contributed by atoms with Crippen LogP contribution in [0.15, 0.2) is 64.5 Å². The van der Waals surface area contributed by atoms with Crippen molar-refractivity contribution in [3.05, 3.63) is 59.6 Å². The number of hydrogen-bond acceptors (Lipinski definition) is 7. The van der Waals surface area contributed by atoms with E-state index in [4.69, 9.17) is 11.6 Å². The van der Waals surface area contributed by atoms with Gasteiger partial charge in [-0.05, 0) is 49.9 Å². The van der Waals surface area contributed by atoms with Gasteiger partial charge in [0.25, 0.3) is 20.0 Å². The molecule has 1 atom stereocenters. The molecule has 0 saturated carbocycles. The number of nitrogens with one attached hydrogen (secondary N) is 2. The first-order valence-electron chi connectivity index (χ1n) is 10.7. The first-order valence-corrected chi connectivity index (χ1v) is 15.6. The van der Waals surface area contributed by atoms with Crippen molar-refractivity contribution in [1.82, 2.24) is 18.3 Å². The number of benzene rings is 2. The molecular formula is C21H25ClN4O6S3. The summed E-state index contributed by atoms with van der Waals surface area (Å²) in [5.41, 5.74) is 0.184. The Kier molecular flexibility index (Phi) is 7.31. The van der Waals surface area contributed by atoms with E-state index in [1.54, 1.807) is 18.2 Å². The molecule has 1 aliphatic rings. The van der Waals surface area contributed by atoms with Gasteiger partial charge in [0, 0.05) is 36.1 Å². The quantitative estimate of drug-likeness (QED) is 0.425. The van der Waals surface area contributed by atoms with Crippen LogP contribution in [0.2, 0.25) is 5.02 Å². The topological polar surface area (TPSA) is 135 Å². The van der Waals surface area contributed by atoms with E-state index in [-0.39, 0.29) is 35.7 Å². The van der Waals surface area contributed by atoms with Crippen molar-refractivity contribution in [2.75, 3.05) is 32.4 Å². The zero-order chi connectivity index (χ0) is 25.4. The number of hydrogen-bond donors (Lipinski definition) is 2. The van der Waals surface area contributed by atoms with Crippen LogP contribution in [0.3, 0.4) is 0 Å². The Labute approximate surface area is 210 Å². The smallest absolute Gasteiger partial charge is 0.269 e. The number of aromatic nitrogens is 1. The number of nitrogens with zero attached hydrogens (tertiary/aromatic N) is 2. The van der Waals surface area contributed by atoms with Crippen LogP contribution in [0, 0.1) is 0 Å². The molecule has 1 unspecified atom stereocenters. The highest BCUT2D eigenvalue weighted by atomic mass is 35.5. The number of halogens is 1. The van der Waals surface area contributed by atoms with Gasteiger partial charge < -0.3 is 5.32 Å². The monoisotopic (exact) mass is 560 g/mol. The highest BCUT2D eigenvalue weighted by molar-refractivity contribution is 7.92. The molecule has 2 N–H and O–H groups in total. The Morgan fingerprint density at radius 1 is 1.00 bits per heavy atom. The van der Waals surface area contributed by atoms with Crippen LogP contribution in [0.1, 0.15) is 6.42 Å². The minimum Gasteiger partial charge on any atom is -0.311 e. The Hall–Kier alpha value is -2.00. The van der Waals surface area contributed by atoms with E-state index in [9.17, 15) is 25.3 Å². The second kappa shape index (κ2) is 9.81. The van der Waals surface area contributed by atoms with Gasteiger partial charge in [-0.3, -0.25) is 0 Å². The molecule has 10 nitrogen and oxygen atoms in total. The van der Waals surface area contributed by atoms with Gasteiger partial charge in [0.05, 0.1) is 16.2 Å². The van der Waals surface area contributed by atoms with Crippen LogP contribution >= 0.6 is 11.6 Å². The van der Waals surface area contributed by atoms with Crippen LogP contribution in [0.5, 0.6) is 0 Å². The summed E-state index contributed by atoms with van der Waals surface area (Å²) in [5, 5.41) is 3.43. The lowest BCUT2D eigenvalue weighted by molar-refractivity contribution is 0.293. The van der Waals surface area contributed by atoms with Crippen LogP contribution in [0.25, 0.3) is 10.9 Å². The maximum absolute atomic E-state index is 13.8. The lowest BCUT2D eigenvalue weighted by Gasteiger charge is -2.33. The van der Waals surface area contributed by atoms with Gasteiger partial charge in [-0.15, -0.1) is 0 Å². The number of fused-ring (bicyclic) bond motifs is 1. The Bertz CT molecular complexity index is 1560. The summed E-state index contributed by atoms with van der Waals surface area (Å²) < 4.78 is 82.7. The second-order valence-corrected chi connectivity index (χ2v) is 14.2. The summed E-state index contributed by atoms with van der Waals surface area (Å²) in [6.45, 7) is 0.390. The molecule has 2 heterocycles. The Morgan fingerprint density at radius 3 is 2.40 bits per heavy atom. The fraction of sp³-hybridized carbons (Fsp3) is 0.333. The van der Waals surface area contributed by atoms with E-state index < -0.39 is 41.1 Å². The van der Waals surface area contributed by atoms with Crippen LogP contribution in [-0.2, 0) is 30.1 Å². The zero-order valence-electron chi connectivity index (χ0n) is 18.8. The molecule has 0 aliphatic carbocycles. The summed E-state index contributed by atoms with van der Waals surface area (Å²) in [6, 6.07) is 13.0. The second-order valence-electron chi connectivity index (χ2n) is 8.09. The molecule has 2 aromatic carbocycles. The molecule has 1 fully saturated rings. The largest absolute Gasteiger partial charge is 0.311 e. The maximum Gasteiger partial charge on any atom is 0.269 e. The zero-order valence-corrected chi connectivity index (χ0v) is 22.0. The molecule has 35 heavy (non-hydrogen) atoms. The highest BCUT2D eigenvalue weighted by Gasteiger charge is 2.36. The van der Waals surface area contributed by atoms with Crippen molar-refractivity contribution in [2.45, 2.75) is 22.4 Å². The normalized spacial score (nSPS) is 18.2. The number of rotatable bonds is 8. The van der Waals surface area contributed by atoms with Gasteiger partial charge in [-0.2, -0.15) is 4.31 Å². The maximum atomic E-state index is 13.8. The van der Waals surface area contributed by atoms with E-state index in [2.05, 4.69) is 10.0 Å². The van der Waals surface area contributed by atoms with E-state index in [1.165, 1.54) is 47.8 Å². The SMILES string of the molecule is CNS(=O)(=O)CCC1CN(S(=O)(=O)c2cc3cc(Cl)ccc3n2S(=O)(=O)c2ccccc2)CCN1. The summed E-state index contributed by atoms with van der Waals surface area (Å²) in [7, 11) is -10.7. The molecule has 0 spiro atoms. The van der Waals surface area contributed by atoms with Crippen molar-refractivity contribution >= 4 is 52.6 Å². The fourth-order valence-corrected chi connectivity index (χ4v) is 8.54. The fourth-order valence-electron chi connectivity index (χ4n) is 4.00. The molecule has 3 aromatic rings. The predicted octanol–water partition coefficient (Wildman–Crippen LogP) is 1.43. The lowest BCUT2D eigenvalue weighted by Crippen LogP contribution is -2.53.